The van der Waals surface area contributed by atoms with Gasteiger partial charge < -0.3 is 4.74 Å². The van der Waals surface area contributed by atoms with Crippen molar-refractivity contribution < 1.29 is 4.74 Å². The predicted molar refractivity (Wildman–Crippen MR) is 105 cm³/mol. The topological polar surface area (TPSA) is 83.0 Å². The monoisotopic (exact) mass is 397 g/mol. The number of halogens is 1. The molecule has 4 aromatic heterocycles. The molecule has 0 spiro atoms. The summed E-state index contributed by atoms with van der Waals surface area (Å²) in [5.41, 5.74) is 3.80. The van der Waals surface area contributed by atoms with Gasteiger partial charge in [0.25, 0.3) is 0 Å². The third-order valence-corrected chi connectivity index (χ3v) is 4.69. The normalized spacial score (nSPS) is 11.4. The lowest BCUT2D eigenvalue weighted by atomic mass is 10.1. The van der Waals surface area contributed by atoms with Crippen LogP contribution < -0.4 is 0 Å². The van der Waals surface area contributed by atoms with E-state index in [1.165, 1.54) is 0 Å². The van der Waals surface area contributed by atoms with Gasteiger partial charge in [0.1, 0.15) is 12.9 Å². The molecule has 8 nitrogen and oxygen atoms in total. The molecule has 0 N–H and O–H groups in total. The van der Waals surface area contributed by atoms with Crippen LogP contribution in [0.3, 0.4) is 0 Å². The largest absolute Gasteiger partial charge is 0.377 e. The molecule has 0 saturated heterocycles. The number of hydrogen-bond donors (Lipinski definition) is 0. The third kappa shape index (κ3) is 3.48. The molecule has 0 aliphatic carbocycles. The smallest absolute Gasteiger partial charge is 0.177 e. The Morgan fingerprint density at radius 3 is 2.86 bits per heavy atom. The molecule has 144 valence electrons. The summed E-state index contributed by atoms with van der Waals surface area (Å²) < 4.78 is 8.63. The average molecular weight is 398 g/mol. The number of nitrogens with zero attached hydrogens (tertiary/aromatic N) is 7. The molecule has 0 bridgehead atoms. The van der Waals surface area contributed by atoms with E-state index in [1.54, 1.807) is 47.2 Å². The van der Waals surface area contributed by atoms with E-state index in [1.807, 2.05) is 6.07 Å². The molecule has 0 aliphatic rings. The van der Waals surface area contributed by atoms with Crippen LogP contribution in [0.1, 0.15) is 36.1 Å². The summed E-state index contributed by atoms with van der Waals surface area (Å²) >= 11 is 6.31. The predicted octanol–water partition coefficient (Wildman–Crippen LogP) is 3.05. The molecule has 0 aliphatic heterocycles. The Bertz CT molecular complexity index is 1100. The van der Waals surface area contributed by atoms with Crippen molar-refractivity contribution in [3.05, 3.63) is 64.7 Å². The van der Waals surface area contributed by atoms with Gasteiger partial charge in [0.2, 0.25) is 0 Å². The fraction of sp³-hybridized carbons (Fsp3) is 0.316. The van der Waals surface area contributed by atoms with Gasteiger partial charge in [-0.25, -0.2) is 24.1 Å². The van der Waals surface area contributed by atoms with Gasteiger partial charge in [-0.3, -0.25) is 0 Å². The number of rotatable bonds is 7. The van der Waals surface area contributed by atoms with Crippen LogP contribution >= 0.6 is 11.6 Å². The maximum absolute atomic E-state index is 6.31. The Morgan fingerprint density at radius 2 is 2.07 bits per heavy atom. The molecule has 0 fully saturated rings. The highest BCUT2D eigenvalue weighted by Crippen LogP contribution is 2.22. The number of ether oxygens (including phenoxy) is 1. The average Bonchev–Trinajstić information content (AvgIpc) is 3.31. The Labute approximate surface area is 167 Å². The van der Waals surface area contributed by atoms with Crippen molar-refractivity contribution in [1.82, 2.24) is 34.3 Å². The number of hydrogen-bond acceptors (Lipinski definition) is 6. The zero-order valence-corrected chi connectivity index (χ0v) is 16.5. The summed E-state index contributed by atoms with van der Waals surface area (Å²) in [6.07, 6.45) is 7.57. The van der Waals surface area contributed by atoms with Gasteiger partial charge in [0.15, 0.2) is 17.3 Å². The molecular formula is C19H20ClN7O. The van der Waals surface area contributed by atoms with E-state index >= 15 is 0 Å². The number of fused-ring (bicyclic) bond motifs is 1. The van der Waals surface area contributed by atoms with Crippen molar-refractivity contribution in [1.29, 1.82) is 0 Å². The molecule has 4 rings (SSSR count). The van der Waals surface area contributed by atoms with Crippen LogP contribution in [0.15, 0.2) is 36.9 Å². The number of aromatic nitrogens is 7. The van der Waals surface area contributed by atoms with E-state index in [-0.39, 0.29) is 0 Å². The van der Waals surface area contributed by atoms with Gasteiger partial charge in [-0.2, -0.15) is 5.10 Å². The summed E-state index contributed by atoms with van der Waals surface area (Å²) in [5.74, 6) is 1.25. The second-order valence-electron chi connectivity index (χ2n) is 6.37. The third-order valence-electron chi connectivity index (χ3n) is 4.40. The van der Waals surface area contributed by atoms with E-state index in [0.29, 0.717) is 29.7 Å². The summed E-state index contributed by atoms with van der Waals surface area (Å²) in [6.45, 7) is 2.51. The van der Waals surface area contributed by atoms with Gasteiger partial charge in [-0.1, -0.05) is 24.9 Å². The SMILES string of the molecule is CCCc1c(Cc2ccnn2-c2ncccc2Cl)ncn2nc(COC)nc12. The van der Waals surface area contributed by atoms with E-state index < -0.39 is 0 Å². The van der Waals surface area contributed by atoms with Crippen LogP contribution in [-0.4, -0.2) is 41.5 Å². The Balaban J connectivity index is 1.75. The van der Waals surface area contributed by atoms with Crippen LogP contribution in [0.2, 0.25) is 5.02 Å². The van der Waals surface area contributed by atoms with Crippen molar-refractivity contribution in [2.45, 2.75) is 32.8 Å². The highest BCUT2D eigenvalue weighted by atomic mass is 35.5. The molecule has 0 unspecified atom stereocenters. The lowest BCUT2D eigenvalue weighted by Gasteiger charge is -2.11. The van der Waals surface area contributed by atoms with Gasteiger partial charge in [0.05, 0.1) is 16.4 Å². The second kappa shape index (κ2) is 8.04. The summed E-state index contributed by atoms with van der Waals surface area (Å²) in [5, 5.41) is 9.38. The quantitative estimate of drug-likeness (QED) is 0.476. The van der Waals surface area contributed by atoms with Crippen LogP contribution in [0.5, 0.6) is 0 Å². The molecule has 0 atom stereocenters. The first kappa shape index (κ1) is 18.5. The van der Waals surface area contributed by atoms with E-state index in [4.69, 9.17) is 16.3 Å². The Hall–Kier alpha value is -2.84. The fourth-order valence-corrected chi connectivity index (χ4v) is 3.40. The maximum atomic E-state index is 6.31. The minimum absolute atomic E-state index is 0.369. The molecular weight excluding hydrogens is 378 g/mol. The first-order valence-corrected chi connectivity index (χ1v) is 9.43. The minimum atomic E-state index is 0.369. The number of methoxy groups -OCH3 is 1. The van der Waals surface area contributed by atoms with Crippen molar-refractivity contribution in [3.63, 3.8) is 0 Å². The van der Waals surface area contributed by atoms with Crippen LogP contribution in [0.25, 0.3) is 11.5 Å². The lowest BCUT2D eigenvalue weighted by Crippen LogP contribution is -2.09. The molecule has 0 aromatic carbocycles. The van der Waals surface area contributed by atoms with E-state index in [9.17, 15) is 0 Å². The van der Waals surface area contributed by atoms with Crippen molar-refractivity contribution in [2.75, 3.05) is 7.11 Å². The molecule has 4 aromatic rings. The van der Waals surface area contributed by atoms with Gasteiger partial charge in [-0.15, -0.1) is 5.10 Å². The van der Waals surface area contributed by atoms with Crippen LogP contribution in [0, 0.1) is 0 Å². The number of aryl methyl sites for hydroxylation is 1. The molecule has 28 heavy (non-hydrogen) atoms. The van der Waals surface area contributed by atoms with Crippen LogP contribution in [-0.2, 0) is 24.2 Å². The molecule has 9 heteroatoms. The van der Waals surface area contributed by atoms with Gasteiger partial charge in [0, 0.05) is 31.5 Å². The Morgan fingerprint density at radius 1 is 1.18 bits per heavy atom. The highest BCUT2D eigenvalue weighted by molar-refractivity contribution is 6.32. The Kier molecular flexibility index (Phi) is 5.31. The molecule has 0 saturated carbocycles. The van der Waals surface area contributed by atoms with Crippen molar-refractivity contribution in [2.24, 2.45) is 0 Å². The summed E-state index contributed by atoms with van der Waals surface area (Å²) in [7, 11) is 1.63. The van der Waals surface area contributed by atoms with Crippen molar-refractivity contribution >= 4 is 17.2 Å². The van der Waals surface area contributed by atoms with Crippen molar-refractivity contribution in [3.8, 4) is 5.82 Å². The van der Waals surface area contributed by atoms with E-state index in [2.05, 4.69) is 32.1 Å². The minimum Gasteiger partial charge on any atom is -0.377 e. The maximum Gasteiger partial charge on any atom is 0.177 e. The van der Waals surface area contributed by atoms with Gasteiger partial charge in [-0.05, 0) is 24.6 Å². The lowest BCUT2D eigenvalue weighted by molar-refractivity contribution is 0.178. The van der Waals surface area contributed by atoms with Crippen LogP contribution in [0.4, 0.5) is 0 Å². The summed E-state index contributed by atoms with van der Waals surface area (Å²) in [6, 6.07) is 5.55. The number of pyridine rings is 1. The summed E-state index contributed by atoms with van der Waals surface area (Å²) in [4.78, 5) is 13.7. The first-order valence-electron chi connectivity index (χ1n) is 9.06. The second-order valence-corrected chi connectivity index (χ2v) is 6.78. The van der Waals surface area contributed by atoms with E-state index in [0.717, 1.165) is 35.4 Å². The fourth-order valence-electron chi connectivity index (χ4n) is 3.19. The molecule has 0 radical (unpaired) electrons. The standard InChI is InChI=1S/C19H20ClN7O/c1-3-5-14-16(22-12-26-18(14)24-17(25-26)11-28-2)10-13-7-9-23-27(13)19-15(20)6-4-8-21-19/h4,6-9,12H,3,5,10-11H2,1-2H3. The zero-order chi connectivity index (χ0) is 19.5. The molecule has 4 heterocycles. The van der Waals surface area contributed by atoms with Gasteiger partial charge >= 0.3 is 0 Å². The molecule has 0 amide bonds. The highest BCUT2D eigenvalue weighted by Gasteiger charge is 2.17. The first-order chi connectivity index (χ1) is 13.7. The zero-order valence-electron chi connectivity index (χ0n) is 15.7.